The van der Waals surface area contributed by atoms with Crippen LogP contribution >= 0.6 is 11.8 Å². The van der Waals surface area contributed by atoms with Crippen molar-refractivity contribution in [2.24, 2.45) is 0 Å². The van der Waals surface area contributed by atoms with Crippen molar-refractivity contribution in [3.8, 4) is 28.4 Å². The molecule has 47 heavy (non-hydrogen) atoms. The fourth-order valence-corrected chi connectivity index (χ4v) is 5.53. The van der Waals surface area contributed by atoms with Crippen LogP contribution in [0, 0.1) is 0 Å². The summed E-state index contributed by atoms with van der Waals surface area (Å²) in [7, 11) is 1.55. The number of nitrogens with zero attached hydrogens (tertiary/aromatic N) is 1. The van der Waals surface area contributed by atoms with Gasteiger partial charge in [-0.15, -0.1) is 0 Å². The lowest BCUT2D eigenvalue weighted by atomic mass is 10.1. The van der Waals surface area contributed by atoms with Crippen molar-refractivity contribution in [3.05, 3.63) is 103 Å². The normalized spacial score (nSPS) is 14.3. The van der Waals surface area contributed by atoms with E-state index in [4.69, 9.17) is 14.2 Å². The van der Waals surface area contributed by atoms with Crippen molar-refractivity contribution in [1.29, 1.82) is 0 Å². The molecule has 10 nitrogen and oxygen atoms in total. The topological polar surface area (TPSA) is 123 Å². The molecular weight excluding hydrogens is 618 g/mol. The van der Waals surface area contributed by atoms with E-state index in [1.807, 2.05) is 54.6 Å². The Morgan fingerprint density at radius 1 is 0.851 bits per heavy atom. The number of hydrogen-bond acceptors (Lipinski definition) is 8. The monoisotopic (exact) mass is 653 g/mol. The van der Waals surface area contributed by atoms with Crippen LogP contribution in [-0.4, -0.2) is 47.7 Å². The van der Waals surface area contributed by atoms with Crippen LogP contribution in [-0.2, 0) is 20.7 Å². The molecule has 0 spiro atoms. The van der Waals surface area contributed by atoms with Crippen LogP contribution in [0.4, 0.5) is 21.0 Å². The number of nitrogens with one attached hydrogen (secondary N) is 2. The largest absolute Gasteiger partial charge is 0.484 e. The highest BCUT2D eigenvalue weighted by molar-refractivity contribution is 8.15. The summed E-state index contributed by atoms with van der Waals surface area (Å²) >= 11 is 0.972. The molecule has 1 aliphatic rings. The number of carbonyl (C=O) groups excluding carboxylic acids is 4. The number of rotatable bonds is 10. The van der Waals surface area contributed by atoms with E-state index < -0.39 is 22.9 Å². The van der Waals surface area contributed by atoms with Gasteiger partial charge in [0.05, 0.1) is 16.6 Å². The van der Waals surface area contributed by atoms with E-state index in [0.29, 0.717) is 35.0 Å². The molecule has 1 fully saturated rings. The number of carbonyl (C=O) groups is 4. The summed E-state index contributed by atoms with van der Waals surface area (Å²) in [4.78, 5) is 50.5. The van der Waals surface area contributed by atoms with Crippen LogP contribution in [0.5, 0.6) is 17.2 Å². The van der Waals surface area contributed by atoms with Gasteiger partial charge in [-0.1, -0.05) is 66.4 Å². The third kappa shape index (κ3) is 9.14. The van der Waals surface area contributed by atoms with Gasteiger partial charge in [-0.25, -0.2) is 4.79 Å². The van der Waals surface area contributed by atoms with Gasteiger partial charge in [0.25, 0.3) is 11.1 Å². The highest BCUT2D eigenvalue weighted by Gasteiger charge is 2.31. The summed E-state index contributed by atoms with van der Waals surface area (Å²) in [6, 6.07) is 29.6. The van der Waals surface area contributed by atoms with Gasteiger partial charge in [-0.2, -0.15) is 0 Å². The first-order valence-corrected chi connectivity index (χ1v) is 15.8. The molecule has 0 aliphatic carbocycles. The average molecular weight is 654 g/mol. The predicted octanol–water partition coefficient (Wildman–Crippen LogP) is 7.43. The van der Waals surface area contributed by atoms with Crippen molar-refractivity contribution >= 4 is 46.3 Å². The van der Waals surface area contributed by atoms with Crippen molar-refractivity contribution in [1.82, 2.24) is 5.32 Å². The zero-order chi connectivity index (χ0) is 33.6. The maximum Gasteiger partial charge on any atom is 0.414 e. The van der Waals surface area contributed by atoms with Crippen LogP contribution < -0.4 is 25.0 Å². The van der Waals surface area contributed by atoms with E-state index in [2.05, 4.69) is 10.6 Å². The number of imide groups is 1. The molecule has 4 aromatic carbocycles. The molecule has 242 valence electrons. The van der Waals surface area contributed by atoms with Crippen molar-refractivity contribution in [3.63, 3.8) is 0 Å². The lowest BCUT2D eigenvalue weighted by molar-refractivity contribution is -0.119. The SMILES string of the molecule is CN(C(=O)OC(C)(C)C)c1cc(Oc2ccc(-c3ccccc3)cc2)ccc1NC(=O)COc1ccc(CC2SC(=O)NC2=O)cc1. The number of benzene rings is 4. The molecule has 1 heterocycles. The summed E-state index contributed by atoms with van der Waals surface area (Å²) in [6.45, 7) is 5.02. The fraction of sp³-hybridized carbons (Fsp3) is 0.222. The standard InChI is InChI=1S/C36H35N3O7S/c1-36(2,3)46-35(43)39(4)30-21-28(45-27-16-12-25(13-17-27)24-8-6-5-7-9-24)18-19-29(30)37-32(40)22-44-26-14-10-23(11-15-26)20-31-33(41)38-34(42)47-31/h5-19,21,31H,20,22H2,1-4H3,(H,37,40)(H,38,41,42). The summed E-state index contributed by atoms with van der Waals surface area (Å²) in [5.41, 5.74) is 2.99. The molecule has 2 N–H and O–H groups in total. The van der Waals surface area contributed by atoms with Crippen LogP contribution in [0.15, 0.2) is 97.1 Å². The van der Waals surface area contributed by atoms with Crippen molar-refractivity contribution in [2.75, 3.05) is 23.9 Å². The molecule has 11 heteroatoms. The Bertz CT molecular complexity index is 1750. The number of thioether (sulfide) groups is 1. The average Bonchev–Trinajstić information content (AvgIpc) is 3.36. The van der Waals surface area contributed by atoms with Crippen LogP contribution in [0.2, 0.25) is 0 Å². The number of ether oxygens (including phenoxy) is 3. The Kier molecular flexibility index (Phi) is 10.2. The van der Waals surface area contributed by atoms with Gasteiger partial charge < -0.3 is 19.5 Å². The third-order valence-electron chi connectivity index (χ3n) is 6.95. The van der Waals surface area contributed by atoms with E-state index >= 15 is 0 Å². The Morgan fingerprint density at radius 2 is 1.49 bits per heavy atom. The number of anilines is 2. The zero-order valence-electron chi connectivity index (χ0n) is 26.4. The summed E-state index contributed by atoms with van der Waals surface area (Å²) in [6.07, 6.45) is -0.207. The second-order valence-electron chi connectivity index (χ2n) is 11.8. The van der Waals surface area contributed by atoms with Gasteiger partial charge >= 0.3 is 6.09 Å². The number of amides is 4. The smallest absolute Gasteiger partial charge is 0.414 e. The minimum absolute atomic E-state index is 0.295. The quantitative estimate of drug-likeness (QED) is 0.181. The van der Waals surface area contributed by atoms with E-state index in [1.165, 1.54) is 4.90 Å². The molecule has 0 bridgehead atoms. The van der Waals surface area contributed by atoms with Crippen molar-refractivity contribution in [2.45, 2.75) is 38.0 Å². The highest BCUT2D eigenvalue weighted by Crippen LogP contribution is 2.34. The number of hydrogen-bond donors (Lipinski definition) is 2. The van der Waals surface area contributed by atoms with E-state index in [9.17, 15) is 19.2 Å². The van der Waals surface area contributed by atoms with Crippen molar-refractivity contribution < 1.29 is 33.4 Å². The van der Waals surface area contributed by atoms with Gasteiger partial charge in [-0.05, 0) is 80.3 Å². The fourth-order valence-electron chi connectivity index (χ4n) is 4.67. The highest BCUT2D eigenvalue weighted by atomic mass is 32.2. The Labute approximate surface area is 277 Å². The maximum absolute atomic E-state index is 13.0. The molecule has 0 aromatic heterocycles. The lowest BCUT2D eigenvalue weighted by Gasteiger charge is -2.26. The Hall–Kier alpha value is -5.29. The first-order chi connectivity index (χ1) is 22.4. The lowest BCUT2D eigenvalue weighted by Crippen LogP contribution is -2.34. The summed E-state index contributed by atoms with van der Waals surface area (Å²) in [5.74, 6) is 0.763. The second-order valence-corrected chi connectivity index (χ2v) is 13.0. The van der Waals surface area contributed by atoms with Gasteiger partial charge in [-0.3, -0.25) is 24.6 Å². The minimum atomic E-state index is -0.730. The van der Waals surface area contributed by atoms with Gasteiger partial charge in [0.15, 0.2) is 6.61 Å². The summed E-state index contributed by atoms with van der Waals surface area (Å²) < 4.78 is 17.4. The first-order valence-electron chi connectivity index (χ1n) is 14.9. The van der Waals surface area contributed by atoms with Crippen LogP contribution in [0.25, 0.3) is 11.1 Å². The van der Waals surface area contributed by atoms with E-state index in [-0.39, 0.29) is 17.8 Å². The third-order valence-corrected chi connectivity index (χ3v) is 7.93. The van der Waals surface area contributed by atoms with Crippen LogP contribution in [0.3, 0.4) is 0 Å². The van der Waals surface area contributed by atoms with Gasteiger partial charge in [0, 0.05) is 13.1 Å². The van der Waals surface area contributed by atoms with E-state index in [0.717, 1.165) is 28.5 Å². The molecule has 5 rings (SSSR count). The minimum Gasteiger partial charge on any atom is -0.484 e. The molecule has 1 atom stereocenters. The molecule has 1 saturated heterocycles. The van der Waals surface area contributed by atoms with Crippen LogP contribution in [0.1, 0.15) is 26.3 Å². The molecule has 4 aromatic rings. The Balaban J connectivity index is 1.26. The Morgan fingerprint density at radius 3 is 2.13 bits per heavy atom. The molecule has 0 radical (unpaired) electrons. The first kappa shape index (κ1) is 33.1. The van der Waals surface area contributed by atoms with E-state index in [1.54, 1.807) is 70.3 Å². The predicted molar refractivity (Wildman–Crippen MR) is 182 cm³/mol. The molecule has 1 unspecified atom stereocenters. The molecular formula is C36H35N3O7S. The summed E-state index contributed by atoms with van der Waals surface area (Å²) in [5, 5.41) is 4.28. The second kappa shape index (κ2) is 14.4. The maximum atomic E-state index is 13.0. The zero-order valence-corrected chi connectivity index (χ0v) is 27.3. The van der Waals surface area contributed by atoms with Gasteiger partial charge in [0.2, 0.25) is 5.91 Å². The molecule has 0 saturated carbocycles. The van der Waals surface area contributed by atoms with Gasteiger partial charge in [0.1, 0.15) is 22.8 Å². The molecule has 1 aliphatic heterocycles. The molecule has 4 amide bonds.